The van der Waals surface area contributed by atoms with Crippen LogP contribution in [0, 0.1) is 11.8 Å². The van der Waals surface area contributed by atoms with E-state index in [4.69, 9.17) is 4.74 Å². The van der Waals surface area contributed by atoms with Crippen LogP contribution in [0.2, 0.25) is 0 Å². The summed E-state index contributed by atoms with van der Waals surface area (Å²) >= 11 is 0. The summed E-state index contributed by atoms with van der Waals surface area (Å²) in [6.45, 7) is 2.03. The van der Waals surface area contributed by atoms with E-state index in [-0.39, 0.29) is 18.0 Å². The Morgan fingerprint density at radius 2 is 2.36 bits per heavy atom. The molecule has 4 unspecified atom stereocenters. The summed E-state index contributed by atoms with van der Waals surface area (Å²) in [5.74, 6) is -0.399. The van der Waals surface area contributed by atoms with Crippen LogP contribution in [0.5, 0.6) is 0 Å². The van der Waals surface area contributed by atoms with Crippen LogP contribution in [-0.2, 0) is 9.53 Å². The van der Waals surface area contributed by atoms with Crippen molar-refractivity contribution in [1.82, 2.24) is 0 Å². The molecule has 4 atom stereocenters. The molecule has 0 radical (unpaired) electrons. The van der Waals surface area contributed by atoms with Crippen molar-refractivity contribution >= 4 is 5.97 Å². The molecule has 76 valence electrons. The Morgan fingerprint density at radius 1 is 1.57 bits per heavy atom. The average molecular weight is 194 g/mol. The maximum Gasteiger partial charge on any atom is 0.316 e. The van der Waals surface area contributed by atoms with E-state index in [1.54, 1.807) is 0 Å². The molecule has 2 aliphatic carbocycles. The smallest absolute Gasteiger partial charge is 0.316 e. The minimum Gasteiger partial charge on any atom is -0.459 e. The molecule has 0 amide bonds. The summed E-state index contributed by atoms with van der Waals surface area (Å²) in [6.07, 6.45) is 4.37. The number of esters is 1. The SMILES string of the molecule is CC1=CC2C(=O)OC3CCC(C1)C32O. The molecule has 0 bridgehead atoms. The van der Waals surface area contributed by atoms with Gasteiger partial charge in [0.25, 0.3) is 0 Å². The largest absolute Gasteiger partial charge is 0.459 e. The van der Waals surface area contributed by atoms with E-state index in [2.05, 4.69) is 0 Å². The van der Waals surface area contributed by atoms with Gasteiger partial charge in [-0.1, -0.05) is 11.6 Å². The molecular weight excluding hydrogens is 180 g/mol. The Bertz CT molecular complexity index is 333. The zero-order chi connectivity index (χ0) is 9.92. The van der Waals surface area contributed by atoms with Crippen LogP contribution in [0.4, 0.5) is 0 Å². The first kappa shape index (κ1) is 8.48. The topological polar surface area (TPSA) is 46.5 Å². The van der Waals surface area contributed by atoms with Crippen LogP contribution < -0.4 is 0 Å². The van der Waals surface area contributed by atoms with Gasteiger partial charge in [-0.2, -0.15) is 0 Å². The van der Waals surface area contributed by atoms with Crippen LogP contribution in [0.15, 0.2) is 11.6 Å². The number of allylic oxidation sites excluding steroid dienone is 1. The summed E-state index contributed by atoms with van der Waals surface area (Å²) < 4.78 is 5.22. The minimum absolute atomic E-state index is 0.231. The molecule has 3 rings (SSSR count). The lowest BCUT2D eigenvalue weighted by molar-refractivity contribution is -0.143. The van der Waals surface area contributed by atoms with Gasteiger partial charge in [-0.05, 0) is 32.1 Å². The van der Waals surface area contributed by atoms with Crippen molar-refractivity contribution in [3.8, 4) is 0 Å². The predicted molar refractivity (Wildman–Crippen MR) is 49.4 cm³/mol. The number of hydrogen-bond acceptors (Lipinski definition) is 3. The van der Waals surface area contributed by atoms with Crippen molar-refractivity contribution in [2.75, 3.05) is 0 Å². The van der Waals surface area contributed by atoms with Gasteiger partial charge in [-0.15, -0.1) is 0 Å². The minimum atomic E-state index is -0.878. The molecular formula is C11H14O3. The standard InChI is InChI=1S/C11H14O3/c1-6-4-7-2-3-9-11(7,13)8(5-6)10(12)14-9/h5,7-9,13H,2-4H2,1H3. The van der Waals surface area contributed by atoms with E-state index in [0.29, 0.717) is 0 Å². The molecule has 1 heterocycles. The molecule has 14 heavy (non-hydrogen) atoms. The van der Waals surface area contributed by atoms with E-state index < -0.39 is 11.5 Å². The van der Waals surface area contributed by atoms with Crippen LogP contribution >= 0.6 is 0 Å². The van der Waals surface area contributed by atoms with Gasteiger partial charge in [0, 0.05) is 0 Å². The Morgan fingerprint density at radius 3 is 3.14 bits per heavy atom. The first-order valence-electron chi connectivity index (χ1n) is 5.22. The Kier molecular flexibility index (Phi) is 1.45. The van der Waals surface area contributed by atoms with Crippen LogP contribution in [0.25, 0.3) is 0 Å². The van der Waals surface area contributed by atoms with Gasteiger partial charge < -0.3 is 9.84 Å². The van der Waals surface area contributed by atoms with Crippen molar-refractivity contribution < 1.29 is 14.6 Å². The van der Waals surface area contributed by atoms with Crippen molar-refractivity contribution in [2.45, 2.75) is 37.9 Å². The van der Waals surface area contributed by atoms with E-state index in [1.807, 2.05) is 13.0 Å². The fourth-order valence-electron chi connectivity index (χ4n) is 3.30. The van der Waals surface area contributed by atoms with Gasteiger partial charge in [-0.25, -0.2) is 0 Å². The molecule has 0 aromatic carbocycles. The molecule has 1 N–H and O–H groups in total. The van der Waals surface area contributed by atoms with Gasteiger partial charge in [0.05, 0.1) is 0 Å². The van der Waals surface area contributed by atoms with Gasteiger partial charge in [0.1, 0.15) is 17.6 Å². The van der Waals surface area contributed by atoms with Gasteiger partial charge in [0.15, 0.2) is 0 Å². The molecule has 3 aliphatic rings. The normalized spacial score (nSPS) is 50.0. The number of aliphatic hydroxyl groups is 1. The first-order chi connectivity index (χ1) is 6.62. The third kappa shape index (κ3) is 0.793. The Balaban J connectivity index is 2.11. The third-order valence-corrected chi connectivity index (χ3v) is 3.98. The lowest BCUT2D eigenvalue weighted by atomic mass is 9.72. The zero-order valence-corrected chi connectivity index (χ0v) is 8.19. The lowest BCUT2D eigenvalue weighted by Crippen LogP contribution is -2.47. The molecule has 1 saturated heterocycles. The quantitative estimate of drug-likeness (QED) is 0.462. The molecule has 0 aromatic heterocycles. The summed E-state index contributed by atoms with van der Waals surface area (Å²) in [5.41, 5.74) is 0.334. The molecule has 0 spiro atoms. The highest BCUT2D eigenvalue weighted by molar-refractivity contribution is 5.80. The highest BCUT2D eigenvalue weighted by atomic mass is 16.6. The van der Waals surface area contributed by atoms with E-state index in [9.17, 15) is 9.90 Å². The number of rotatable bonds is 0. The van der Waals surface area contributed by atoms with Crippen LogP contribution in [0.3, 0.4) is 0 Å². The monoisotopic (exact) mass is 194 g/mol. The van der Waals surface area contributed by atoms with E-state index in [1.165, 1.54) is 5.57 Å². The van der Waals surface area contributed by atoms with E-state index in [0.717, 1.165) is 19.3 Å². The van der Waals surface area contributed by atoms with Gasteiger partial charge in [-0.3, -0.25) is 4.79 Å². The average Bonchev–Trinajstić information content (AvgIpc) is 2.55. The molecule has 3 nitrogen and oxygen atoms in total. The second-order valence-electron chi connectivity index (χ2n) is 4.78. The second-order valence-corrected chi connectivity index (χ2v) is 4.78. The van der Waals surface area contributed by atoms with Crippen molar-refractivity contribution in [3.63, 3.8) is 0 Å². The first-order valence-corrected chi connectivity index (χ1v) is 5.22. The Labute approximate surface area is 82.8 Å². The van der Waals surface area contributed by atoms with Gasteiger partial charge >= 0.3 is 5.97 Å². The maximum atomic E-state index is 11.5. The molecule has 1 aliphatic heterocycles. The Hall–Kier alpha value is -0.830. The number of carbonyl (C=O) groups is 1. The van der Waals surface area contributed by atoms with E-state index >= 15 is 0 Å². The van der Waals surface area contributed by atoms with Gasteiger partial charge in [0.2, 0.25) is 0 Å². The molecule has 0 aromatic rings. The zero-order valence-electron chi connectivity index (χ0n) is 8.19. The second kappa shape index (κ2) is 2.40. The summed E-state index contributed by atoms with van der Waals surface area (Å²) in [4.78, 5) is 11.5. The lowest BCUT2D eigenvalue weighted by Gasteiger charge is -2.35. The molecule has 3 heteroatoms. The maximum absolute atomic E-state index is 11.5. The number of carbonyl (C=O) groups excluding carboxylic acids is 1. The number of ether oxygens (including phenoxy) is 1. The molecule has 1 saturated carbocycles. The highest BCUT2D eigenvalue weighted by Crippen LogP contribution is 2.53. The van der Waals surface area contributed by atoms with Crippen LogP contribution in [-0.4, -0.2) is 22.8 Å². The fraction of sp³-hybridized carbons (Fsp3) is 0.727. The summed E-state index contributed by atoms with van der Waals surface area (Å²) in [5, 5.41) is 10.5. The predicted octanol–water partition coefficient (Wildman–Crippen LogP) is 1.02. The molecule has 2 fully saturated rings. The highest BCUT2D eigenvalue weighted by Gasteiger charge is 2.63. The van der Waals surface area contributed by atoms with Crippen molar-refractivity contribution in [2.24, 2.45) is 11.8 Å². The van der Waals surface area contributed by atoms with Crippen LogP contribution in [0.1, 0.15) is 26.2 Å². The number of hydrogen-bond donors (Lipinski definition) is 1. The van der Waals surface area contributed by atoms with Crippen molar-refractivity contribution in [1.29, 1.82) is 0 Å². The summed E-state index contributed by atoms with van der Waals surface area (Å²) in [6, 6.07) is 0. The summed E-state index contributed by atoms with van der Waals surface area (Å²) in [7, 11) is 0. The fourth-order valence-corrected chi connectivity index (χ4v) is 3.30. The third-order valence-electron chi connectivity index (χ3n) is 3.98. The van der Waals surface area contributed by atoms with Crippen molar-refractivity contribution in [3.05, 3.63) is 11.6 Å².